The molecule has 80 valence electrons. The molecule has 0 aromatic carbocycles. The summed E-state index contributed by atoms with van der Waals surface area (Å²) in [4.78, 5) is 11.3. The SMILES string of the molecule is CCOC(=O)[C@@H]1[C@H](C=C(F)F)C1(C)C. The summed E-state index contributed by atoms with van der Waals surface area (Å²) in [5.74, 6) is -1.17. The molecule has 0 aliphatic heterocycles. The normalized spacial score (nSPS) is 28.1. The second-order valence-electron chi connectivity index (χ2n) is 4.03. The molecule has 1 fully saturated rings. The molecule has 0 unspecified atom stereocenters. The van der Waals surface area contributed by atoms with Crippen molar-refractivity contribution < 1.29 is 18.3 Å². The van der Waals surface area contributed by atoms with Crippen LogP contribution in [-0.4, -0.2) is 12.6 Å². The van der Waals surface area contributed by atoms with Crippen molar-refractivity contribution in [2.45, 2.75) is 20.8 Å². The lowest BCUT2D eigenvalue weighted by Crippen LogP contribution is -2.10. The molecule has 0 heterocycles. The first-order valence-electron chi connectivity index (χ1n) is 4.60. The van der Waals surface area contributed by atoms with E-state index >= 15 is 0 Å². The van der Waals surface area contributed by atoms with Crippen LogP contribution in [0.5, 0.6) is 0 Å². The van der Waals surface area contributed by atoms with E-state index in [4.69, 9.17) is 4.74 Å². The van der Waals surface area contributed by atoms with Gasteiger partial charge in [0.2, 0.25) is 0 Å². The maximum Gasteiger partial charge on any atom is 0.310 e. The van der Waals surface area contributed by atoms with Crippen molar-refractivity contribution in [1.29, 1.82) is 0 Å². The summed E-state index contributed by atoms with van der Waals surface area (Å²) in [6.45, 7) is 5.57. The standard InChI is InChI=1S/C10H14F2O2/c1-4-14-9(13)8-6(5-7(11)12)10(8,2)3/h5-6,8H,4H2,1-3H3/t6-,8-/m0/s1. The quantitative estimate of drug-likeness (QED) is 0.660. The first-order valence-corrected chi connectivity index (χ1v) is 4.60. The lowest BCUT2D eigenvalue weighted by atomic mass is 10.1. The lowest BCUT2D eigenvalue weighted by Gasteiger charge is -2.01. The molecule has 0 radical (unpaired) electrons. The van der Waals surface area contributed by atoms with Gasteiger partial charge in [0.1, 0.15) is 0 Å². The summed E-state index contributed by atoms with van der Waals surface area (Å²) in [6, 6.07) is 0. The molecule has 0 N–H and O–H groups in total. The summed E-state index contributed by atoms with van der Waals surface area (Å²) in [5, 5.41) is 0. The van der Waals surface area contributed by atoms with Gasteiger partial charge in [0.05, 0.1) is 12.5 Å². The summed E-state index contributed by atoms with van der Waals surface area (Å²) in [6.07, 6.45) is -0.878. The predicted molar refractivity (Wildman–Crippen MR) is 47.7 cm³/mol. The monoisotopic (exact) mass is 204 g/mol. The number of halogens is 2. The fourth-order valence-corrected chi connectivity index (χ4v) is 1.81. The average Bonchev–Trinajstić information content (AvgIpc) is 2.52. The van der Waals surface area contributed by atoms with Gasteiger partial charge < -0.3 is 4.74 Å². The number of ether oxygens (including phenoxy) is 1. The number of hydrogen-bond acceptors (Lipinski definition) is 2. The zero-order chi connectivity index (χ0) is 10.9. The Balaban J connectivity index is 2.66. The van der Waals surface area contributed by atoms with Crippen molar-refractivity contribution in [3.05, 3.63) is 12.2 Å². The molecule has 0 aromatic rings. The fourth-order valence-electron chi connectivity index (χ4n) is 1.81. The fraction of sp³-hybridized carbons (Fsp3) is 0.700. The number of hydrogen-bond donors (Lipinski definition) is 0. The van der Waals surface area contributed by atoms with Gasteiger partial charge in [-0.1, -0.05) is 13.8 Å². The number of esters is 1. The van der Waals surface area contributed by atoms with Crippen molar-refractivity contribution in [2.75, 3.05) is 6.61 Å². The Morgan fingerprint density at radius 3 is 2.50 bits per heavy atom. The Kier molecular flexibility index (Phi) is 2.92. The van der Waals surface area contributed by atoms with Crippen LogP contribution in [0.2, 0.25) is 0 Å². The highest BCUT2D eigenvalue weighted by Gasteiger charge is 2.61. The minimum Gasteiger partial charge on any atom is -0.466 e. The van der Waals surface area contributed by atoms with Crippen LogP contribution in [0.15, 0.2) is 12.2 Å². The number of rotatable bonds is 3. The van der Waals surface area contributed by atoms with Crippen LogP contribution in [0, 0.1) is 17.3 Å². The van der Waals surface area contributed by atoms with Gasteiger partial charge in [-0.05, 0) is 18.4 Å². The smallest absolute Gasteiger partial charge is 0.310 e. The van der Waals surface area contributed by atoms with Gasteiger partial charge in [0.15, 0.2) is 0 Å². The van der Waals surface area contributed by atoms with E-state index in [2.05, 4.69) is 0 Å². The van der Waals surface area contributed by atoms with Gasteiger partial charge in [0, 0.05) is 5.92 Å². The lowest BCUT2D eigenvalue weighted by molar-refractivity contribution is -0.145. The topological polar surface area (TPSA) is 26.3 Å². The van der Waals surface area contributed by atoms with E-state index in [1.807, 2.05) is 0 Å². The van der Waals surface area contributed by atoms with E-state index in [1.165, 1.54) is 0 Å². The van der Waals surface area contributed by atoms with E-state index < -0.39 is 17.4 Å². The molecule has 1 aliphatic carbocycles. The molecular formula is C10H14F2O2. The average molecular weight is 204 g/mol. The van der Waals surface area contributed by atoms with Crippen molar-refractivity contribution in [3.8, 4) is 0 Å². The van der Waals surface area contributed by atoms with E-state index in [0.29, 0.717) is 6.61 Å². The van der Waals surface area contributed by atoms with Gasteiger partial charge in [-0.25, -0.2) is 0 Å². The molecule has 14 heavy (non-hydrogen) atoms. The Morgan fingerprint density at radius 2 is 2.07 bits per heavy atom. The third-order valence-electron chi connectivity index (χ3n) is 2.76. The molecule has 1 rings (SSSR count). The first kappa shape index (κ1) is 11.1. The highest BCUT2D eigenvalue weighted by Crippen LogP contribution is 2.59. The molecule has 0 spiro atoms. The predicted octanol–water partition coefficient (Wildman–Crippen LogP) is 2.60. The van der Waals surface area contributed by atoms with E-state index in [-0.39, 0.29) is 11.9 Å². The molecule has 1 aliphatic rings. The minimum atomic E-state index is -1.73. The van der Waals surface area contributed by atoms with Crippen LogP contribution in [0.1, 0.15) is 20.8 Å². The summed E-state index contributed by atoms with van der Waals surface area (Å²) in [5.41, 5.74) is -0.393. The summed E-state index contributed by atoms with van der Waals surface area (Å²) < 4.78 is 28.8. The van der Waals surface area contributed by atoms with Crippen molar-refractivity contribution >= 4 is 5.97 Å². The molecule has 0 saturated heterocycles. The maximum absolute atomic E-state index is 12.0. The van der Waals surface area contributed by atoms with Gasteiger partial charge in [-0.2, -0.15) is 8.78 Å². The highest BCUT2D eigenvalue weighted by atomic mass is 19.3. The van der Waals surface area contributed by atoms with Crippen LogP contribution in [0.25, 0.3) is 0 Å². The number of carbonyl (C=O) groups excluding carboxylic acids is 1. The van der Waals surface area contributed by atoms with E-state index in [1.54, 1.807) is 20.8 Å². The summed E-state index contributed by atoms with van der Waals surface area (Å²) in [7, 11) is 0. The van der Waals surface area contributed by atoms with Gasteiger partial charge >= 0.3 is 5.97 Å². The van der Waals surface area contributed by atoms with Crippen LogP contribution in [-0.2, 0) is 9.53 Å². The molecule has 4 heteroatoms. The third-order valence-corrected chi connectivity index (χ3v) is 2.76. The zero-order valence-corrected chi connectivity index (χ0v) is 8.51. The van der Waals surface area contributed by atoms with Crippen LogP contribution in [0.3, 0.4) is 0 Å². The van der Waals surface area contributed by atoms with Crippen LogP contribution >= 0.6 is 0 Å². The molecule has 0 aromatic heterocycles. The Bertz CT molecular complexity index is 267. The minimum absolute atomic E-state index is 0.292. The molecule has 0 amide bonds. The molecule has 1 saturated carbocycles. The second-order valence-corrected chi connectivity index (χ2v) is 4.03. The van der Waals surface area contributed by atoms with Crippen molar-refractivity contribution in [3.63, 3.8) is 0 Å². The Labute approximate surface area is 81.9 Å². The molecular weight excluding hydrogens is 190 g/mol. The van der Waals surface area contributed by atoms with Crippen molar-refractivity contribution in [2.24, 2.45) is 17.3 Å². The van der Waals surface area contributed by atoms with Gasteiger partial charge in [0.25, 0.3) is 6.08 Å². The number of carbonyl (C=O) groups is 1. The first-order chi connectivity index (χ1) is 6.41. The Hall–Kier alpha value is -0.930. The van der Waals surface area contributed by atoms with Crippen LogP contribution in [0.4, 0.5) is 8.78 Å². The molecule has 2 nitrogen and oxygen atoms in total. The molecule has 0 bridgehead atoms. The van der Waals surface area contributed by atoms with Crippen LogP contribution < -0.4 is 0 Å². The van der Waals surface area contributed by atoms with Gasteiger partial charge in [-0.15, -0.1) is 0 Å². The van der Waals surface area contributed by atoms with Gasteiger partial charge in [-0.3, -0.25) is 4.79 Å². The maximum atomic E-state index is 12.0. The molecule has 2 atom stereocenters. The summed E-state index contributed by atoms with van der Waals surface area (Å²) >= 11 is 0. The Morgan fingerprint density at radius 1 is 1.50 bits per heavy atom. The van der Waals surface area contributed by atoms with E-state index in [0.717, 1.165) is 6.08 Å². The second kappa shape index (κ2) is 3.67. The highest BCUT2D eigenvalue weighted by molar-refractivity contribution is 5.78. The third kappa shape index (κ3) is 1.94. The zero-order valence-electron chi connectivity index (χ0n) is 8.51. The largest absolute Gasteiger partial charge is 0.466 e. The van der Waals surface area contributed by atoms with E-state index in [9.17, 15) is 13.6 Å². The number of allylic oxidation sites excluding steroid dienone is 1. The van der Waals surface area contributed by atoms with Crippen molar-refractivity contribution in [1.82, 2.24) is 0 Å².